The van der Waals surface area contributed by atoms with Crippen molar-refractivity contribution in [1.82, 2.24) is 10.6 Å². The highest BCUT2D eigenvalue weighted by molar-refractivity contribution is 5.91. The van der Waals surface area contributed by atoms with Gasteiger partial charge in [-0.1, -0.05) is 62.4 Å². The van der Waals surface area contributed by atoms with Crippen molar-refractivity contribution in [2.45, 2.75) is 32.4 Å². The fourth-order valence-electron chi connectivity index (χ4n) is 2.84. The van der Waals surface area contributed by atoms with Gasteiger partial charge < -0.3 is 15.7 Å². The van der Waals surface area contributed by atoms with E-state index >= 15 is 0 Å². The van der Waals surface area contributed by atoms with E-state index in [1.807, 2.05) is 60.7 Å². The Kier molecular flexibility index (Phi) is 8.30. The number of urea groups is 1. The van der Waals surface area contributed by atoms with E-state index in [1.54, 1.807) is 11.9 Å². The van der Waals surface area contributed by atoms with Crippen LogP contribution in [0.5, 0.6) is 0 Å². The van der Waals surface area contributed by atoms with Crippen molar-refractivity contribution in [2.24, 2.45) is 5.92 Å². The number of rotatable bonds is 9. The van der Waals surface area contributed by atoms with Crippen molar-refractivity contribution in [2.75, 3.05) is 25.0 Å². The van der Waals surface area contributed by atoms with Gasteiger partial charge in [0.25, 0.3) is 0 Å². The van der Waals surface area contributed by atoms with E-state index in [9.17, 15) is 9.90 Å². The summed E-state index contributed by atoms with van der Waals surface area (Å²) in [4.78, 5) is 14.3. The average molecular weight is 370 g/mol. The lowest BCUT2D eigenvalue weighted by molar-refractivity contribution is 0.127. The van der Waals surface area contributed by atoms with Gasteiger partial charge in [-0.25, -0.2) is 4.79 Å². The molecule has 0 aliphatic heterocycles. The van der Waals surface area contributed by atoms with Gasteiger partial charge in [-0.3, -0.25) is 4.90 Å². The molecule has 0 aliphatic rings. The van der Waals surface area contributed by atoms with Crippen molar-refractivity contribution in [3.63, 3.8) is 0 Å². The third-order valence-electron chi connectivity index (χ3n) is 4.43. The van der Waals surface area contributed by atoms with Crippen LogP contribution in [0.15, 0.2) is 60.7 Å². The normalized spacial score (nSPS) is 13.2. The van der Waals surface area contributed by atoms with Crippen LogP contribution in [0.3, 0.4) is 0 Å². The summed E-state index contributed by atoms with van der Waals surface area (Å²) < 4.78 is 0. The van der Waals surface area contributed by atoms with Gasteiger partial charge >= 0.3 is 6.03 Å². The second kappa shape index (κ2) is 10.7. The lowest BCUT2D eigenvalue weighted by atomic mass is 10.0. The number of hydrogen-bond donors (Lipinski definition) is 3. The predicted octanol–water partition coefficient (Wildman–Crippen LogP) is 3.05. The summed E-state index contributed by atoms with van der Waals surface area (Å²) in [5.74, 6) is 0.503. The van der Waals surface area contributed by atoms with Gasteiger partial charge in [0.1, 0.15) is 0 Å². The van der Waals surface area contributed by atoms with E-state index in [0.717, 1.165) is 17.8 Å². The summed E-state index contributed by atoms with van der Waals surface area (Å²) in [7, 11) is 1.73. The van der Waals surface area contributed by atoms with E-state index in [2.05, 4.69) is 24.5 Å². The number of anilines is 1. The first kappa shape index (κ1) is 20.9. The molecule has 27 heavy (non-hydrogen) atoms. The molecule has 3 N–H and O–H groups in total. The number of nitrogens with zero attached hydrogens (tertiary/aromatic N) is 1. The highest BCUT2D eigenvalue weighted by atomic mass is 16.3. The van der Waals surface area contributed by atoms with Crippen LogP contribution in [-0.2, 0) is 6.42 Å². The summed E-state index contributed by atoms with van der Waals surface area (Å²) in [6.45, 7) is 5.51. The molecule has 0 unspecified atom stereocenters. The zero-order valence-corrected chi connectivity index (χ0v) is 16.4. The van der Waals surface area contributed by atoms with Crippen LogP contribution in [0.2, 0.25) is 0 Å². The molecule has 146 valence electrons. The van der Waals surface area contributed by atoms with Gasteiger partial charge in [-0.15, -0.1) is 0 Å². The predicted molar refractivity (Wildman–Crippen MR) is 111 cm³/mol. The maximum absolute atomic E-state index is 12.7. The minimum atomic E-state index is -0.683. The number of hydrogen-bond acceptors (Lipinski definition) is 3. The number of benzene rings is 2. The maximum Gasteiger partial charge on any atom is 0.321 e. The van der Waals surface area contributed by atoms with E-state index in [4.69, 9.17) is 0 Å². The molecule has 5 heteroatoms. The first-order valence-corrected chi connectivity index (χ1v) is 9.49. The fraction of sp³-hybridized carbons (Fsp3) is 0.409. The van der Waals surface area contributed by atoms with E-state index in [0.29, 0.717) is 18.9 Å². The molecule has 0 aromatic heterocycles. The Bertz CT molecular complexity index is 676. The fourth-order valence-corrected chi connectivity index (χ4v) is 2.84. The van der Waals surface area contributed by atoms with Crippen molar-refractivity contribution in [3.05, 3.63) is 66.2 Å². The zero-order chi connectivity index (χ0) is 19.6. The molecule has 0 saturated heterocycles. The average Bonchev–Trinajstić information content (AvgIpc) is 2.68. The summed E-state index contributed by atoms with van der Waals surface area (Å²) in [5.41, 5.74) is 1.88. The second-order valence-electron chi connectivity index (χ2n) is 7.26. The third-order valence-corrected chi connectivity index (χ3v) is 4.43. The topological polar surface area (TPSA) is 64.6 Å². The highest BCUT2D eigenvalue weighted by Gasteiger charge is 2.23. The van der Waals surface area contributed by atoms with Crippen LogP contribution < -0.4 is 15.5 Å². The number of amides is 2. The zero-order valence-electron chi connectivity index (χ0n) is 16.4. The summed E-state index contributed by atoms with van der Waals surface area (Å²) in [6.07, 6.45) is -0.114. The molecule has 0 spiro atoms. The number of nitrogens with one attached hydrogen (secondary N) is 2. The van der Waals surface area contributed by atoms with Crippen LogP contribution in [-0.4, -0.2) is 43.4 Å². The molecule has 0 heterocycles. The molecule has 2 atom stereocenters. The van der Waals surface area contributed by atoms with Crippen LogP contribution in [0.4, 0.5) is 10.5 Å². The lowest BCUT2D eigenvalue weighted by Gasteiger charge is -2.28. The summed E-state index contributed by atoms with van der Waals surface area (Å²) in [6, 6.07) is 18.8. The molecule has 2 amide bonds. The van der Waals surface area contributed by atoms with Gasteiger partial charge in [0.2, 0.25) is 0 Å². The Labute approximate surface area is 162 Å². The molecular weight excluding hydrogens is 338 g/mol. The van der Waals surface area contributed by atoms with Gasteiger partial charge in [0.15, 0.2) is 0 Å². The molecule has 2 aromatic rings. The van der Waals surface area contributed by atoms with E-state index < -0.39 is 6.10 Å². The molecule has 0 radical (unpaired) electrons. The van der Waals surface area contributed by atoms with Crippen molar-refractivity contribution in [3.8, 4) is 0 Å². The van der Waals surface area contributed by atoms with Gasteiger partial charge in [0, 0.05) is 19.3 Å². The number of carbonyl (C=O) groups is 1. The van der Waals surface area contributed by atoms with Crippen LogP contribution >= 0.6 is 0 Å². The number of carbonyl (C=O) groups excluding carboxylic acids is 1. The molecular formula is C22H31N3O2. The Hall–Kier alpha value is -2.37. The Morgan fingerprint density at radius 2 is 1.59 bits per heavy atom. The maximum atomic E-state index is 12.7. The molecule has 0 aliphatic carbocycles. The van der Waals surface area contributed by atoms with Crippen LogP contribution in [0, 0.1) is 5.92 Å². The first-order valence-electron chi connectivity index (χ1n) is 9.49. The Morgan fingerprint density at radius 3 is 2.19 bits per heavy atom. The van der Waals surface area contributed by atoms with Crippen molar-refractivity contribution >= 4 is 11.7 Å². The smallest absolute Gasteiger partial charge is 0.321 e. The van der Waals surface area contributed by atoms with E-state index in [1.165, 1.54) is 0 Å². The summed E-state index contributed by atoms with van der Waals surface area (Å²) >= 11 is 0. The van der Waals surface area contributed by atoms with Crippen LogP contribution in [0.1, 0.15) is 19.4 Å². The SMILES string of the molecule is CC(C)CNC[C@@H](O)[C@H](Cc1ccccc1)NC(=O)N(C)c1ccccc1. The highest BCUT2D eigenvalue weighted by Crippen LogP contribution is 2.12. The molecule has 2 aromatic carbocycles. The molecule has 0 bridgehead atoms. The quantitative estimate of drug-likeness (QED) is 0.637. The minimum Gasteiger partial charge on any atom is -0.390 e. The summed E-state index contributed by atoms with van der Waals surface area (Å²) in [5, 5.41) is 17.0. The van der Waals surface area contributed by atoms with Crippen molar-refractivity contribution in [1.29, 1.82) is 0 Å². The molecule has 0 saturated carbocycles. The largest absolute Gasteiger partial charge is 0.390 e. The van der Waals surface area contributed by atoms with Crippen LogP contribution in [0.25, 0.3) is 0 Å². The van der Waals surface area contributed by atoms with Gasteiger partial charge in [0.05, 0.1) is 12.1 Å². The Morgan fingerprint density at radius 1 is 1.00 bits per heavy atom. The van der Waals surface area contributed by atoms with E-state index in [-0.39, 0.29) is 12.1 Å². The molecule has 5 nitrogen and oxygen atoms in total. The monoisotopic (exact) mass is 369 g/mol. The number of aliphatic hydroxyl groups is 1. The number of para-hydroxylation sites is 1. The Balaban J connectivity index is 2.05. The van der Waals surface area contributed by atoms with Crippen molar-refractivity contribution < 1.29 is 9.90 Å². The first-order chi connectivity index (χ1) is 13.0. The molecule has 2 rings (SSSR count). The second-order valence-corrected chi connectivity index (χ2v) is 7.26. The standard InChI is InChI=1S/C22H31N3O2/c1-17(2)15-23-16-21(26)20(14-18-10-6-4-7-11-18)24-22(27)25(3)19-12-8-5-9-13-19/h4-13,17,20-21,23,26H,14-16H2,1-3H3,(H,24,27)/t20-,21+/m0/s1. The van der Waals surface area contributed by atoms with Gasteiger partial charge in [-0.05, 0) is 36.6 Å². The third kappa shape index (κ3) is 7.04. The number of aliphatic hydroxyl groups excluding tert-OH is 1. The minimum absolute atomic E-state index is 0.231. The lowest BCUT2D eigenvalue weighted by Crippen LogP contribution is -2.52. The van der Waals surface area contributed by atoms with Gasteiger partial charge in [-0.2, -0.15) is 0 Å². The molecule has 0 fully saturated rings.